The van der Waals surface area contributed by atoms with Gasteiger partial charge < -0.3 is 14.4 Å². The van der Waals surface area contributed by atoms with E-state index in [0.717, 1.165) is 31.2 Å². The number of fused-ring (bicyclic) bond motifs is 1. The van der Waals surface area contributed by atoms with Gasteiger partial charge in [-0.25, -0.2) is 0 Å². The van der Waals surface area contributed by atoms with E-state index in [1.165, 1.54) is 0 Å². The SMILES string of the molecule is O=C(C1CC=CC1)N1CCO[C@H]2[C@H](OCc3ccncc3)CC[C@@H]21. The van der Waals surface area contributed by atoms with E-state index in [1.807, 2.05) is 12.1 Å². The molecule has 5 heteroatoms. The molecule has 128 valence electrons. The predicted molar refractivity (Wildman–Crippen MR) is 89.2 cm³/mol. The summed E-state index contributed by atoms with van der Waals surface area (Å²) in [6.07, 6.45) is 11.6. The zero-order chi connectivity index (χ0) is 16.4. The van der Waals surface area contributed by atoms with Crippen molar-refractivity contribution in [1.29, 1.82) is 0 Å². The Bertz CT molecular complexity index is 596. The minimum absolute atomic E-state index is 0.0129. The maximum atomic E-state index is 12.8. The first-order valence-corrected chi connectivity index (χ1v) is 8.90. The first-order chi connectivity index (χ1) is 11.8. The number of carbonyl (C=O) groups is 1. The fourth-order valence-electron chi connectivity index (χ4n) is 4.10. The van der Waals surface area contributed by atoms with E-state index in [4.69, 9.17) is 9.47 Å². The fraction of sp³-hybridized carbons (Fsp3) is 0.579. The molecule has 0 bridgehead atoms. The molecule has 2 aliphatic carbocycles. The van der Waals surface area contributed by atoms with Crippen molar-refractivity contribution < 1.29 is 14.3 Å². The zero-order valence-electron chi connectivity index (χ0n) is 13.8. The number of aromatic nitrogens is 1. The van der Waals surface area contributed by atoms with E-state index < -0.39 is 0 Å². The Balaban J connectivity index is 1.38. The summed E-state index contributed by atoms with van der Waals surface area (Å²) in [4.78, 5) is 18.9. The van der Waals surface area contributed by atoms with Crippen molar-refractivity contribution in [3.63, 3.8) is 0 Å². The van der Waals surface area contributed by atoms with Gasteiger partial charge in [0.15, 0.2) is 0 Å². The summed E-state index contributed by atoms with van der Waals surface area (Å²) in [5, 5.41) is 0. The molecule has 1 aromatic heterocycles. The van der Waals surface area contributed by atoms with Crippen LogP contribution in [0.4, 0.5) is 0 Å². The maximum absolute atomic E-state index is 12.8. The Morgan fingerprint density at radius 1 is 1.25 bits per heavy atom. The third-order valence-electron chi connectivity index (χ3n) is 5.39. The smallest absolute Gasteiger partial charge is 0.226 e. The third kappa shape index (κ3) is 3.10. The van der Waals surface area contributed by atoms with Gasteiger partial charge in [-0.2, -0.15) is 0 Å². The van der Waals surface area contributed by atoms with Gasteiger partial charge in [0, 0.05) is 24.9 Å². The molecule has 1 aromatic rings. The predicted octanol–water partition coefficient (Wildman–Crippen LogP) is 2.32. The van der Waals surface area contributed by atoms with Crippen LogP contribution in [0.1, 0.15) is 31.2 Å². The van der Waals surface area contributed by atoms with Crippen molar-refractivity contribution in [2.24, 2.45) is 5.92 Å². The molecule has 0 spiro atoms. The average Bonchev–Trinajstić information content (AvgIpc) is 3.30. The molecular weight excluding hydrogens is 304 g/mol. The van der Waals surface area contributed by atoms with Gasteiger partial charge in [-0.1, -0.05) is 12.2 Å². The Hall–Kier alpha value is -1.72. The second kappa shape index (κ2) is 7.03. The molecule has 3 atom stereocenters. The second-order valence-electron chi connectivity index (χ2n) is 6.86. The van der Waals surface area contributed by atoms with Gasteiger partial charge in [-0.05, 0) is 43.4 Å². The number of nitrogens with zero attached hydrogens (tertiary/aromatic N) is 2. The molecule has 2 fully saturated rings. The molecule has 0 aromatic carbocycles. The molecule has 0 unspecified atom stereocenters. The number of amides is 1. The first kappa shape index (κ1) is 15.8. The summed E-state index contributed by atoms with van der Waals surface area (Å²) in [6.45, 7) is 1.90. The van der Waals surface area contributed by atoms with Crippen molar-refractivity contribution in [3.8, 4) is 0 Å². The molecule has 24 heavy (non-hydrogen) atoms. The molecule has 0 N–H and O–H groups in total. The average molecular weight is 328 g/mol. The maximum Gasteiger partial charge on any atom is 0.226 e. The monoisotopic (exact) mass is 328 g/mol. The highest BCUT2D eigenvalue weighted by molar-refractivity contribution is 5.80. The van der Waals surface area contributed by atoms with Gasteiger partial charge in [-0.3, -0.25) is 9.78 Å². The van der Waals surface area contributed by atoms with Crippen LogP contribution < -0.4 is 0 Å². The van der Waals surface area contributed by atoms with Crippen molar-refractivity contribution in [2.45, 2.75) is 50.5 Å². The lowest BCUT2D eigenvalue weighted by atomic mass is 10.0. The normalized spacial score (nSPS) is 29.8. The largest absolute Gasteiger partial charge is 0.372 e. The lowest BCUT2D eigenvalue weighted by Crippen LogP contribution is -2.55. The molecule has 2 heterocycles. The van der Waals surface area contributed by atoms with Gasteiger partial charge >= 0.3 is 0 Å². The summed E-state index contributed by atoms with van der Waals surface area (Å²) in [5.41, 5.74) is 1.12. The second-order valence-corrected chi connectivity index (χ2v) is 6.86. The number of hydrogen-bond acceptors (Lipinski definition) is 4. The lowest BCUT2D eigenvalue weighted by molar-refractivity contribution is -0.155. The number of pyridine rings is 1. The van der Waals surface area contributed by atoms with Crippen molar-refractivity contribution in [2.75, 3.05) is 13.2 Å². The van der Waals surface area contributed by atoms with Crippen molar-refractivity contribution in [3.05, 3.63) is 42.2 Å². The van der Waals surface area contributed by atoms with Gasteiger partial charge in [-0.15, -0.1) is 0 Å². The Morgan fingerprint density at radius 3 is 2.83 bits per heavy atom. The van der Waals surface area contributed by atoms with Crippen LogP contribution >= 0.6 is 0 Å². The number of allylic oxidation sites excluding steroid dienone is 2. The highest BCUT2D eigenvalue weighted by atomic mass is 16.5. The zero-order valence-corrected chi connectivity index (χ0v) is 13.8. The van der Waals surface area contributed by atoms with Crippen LogP contribution in [0.2, 0.25) is 0 Å². The number of morpholine rings is 1. The Kier molecular flexibility index (Phi) is 4.63. The van der Waals surface area contributed by atoms with Gasteiger partial charge in [0.1, 0.15) is 6.10 Å². The standard InChI is InChI=1S/C19H24N2O3/c22-19(15-3-1-2-4-15)21-11-12-23-18-16(21)5-6-17(18)24-13-14-7-9-20-10-8-14/h1-2,7-10,15-18H,3-6,11-13H2/t16-,17+,18+/m0/s1. The molecule has 1 saturated heterocycles. The van der Waals surface area contributed by atoms with E-state index in [0.29, 0.717) is 25.7 Å². The summed E-state index contributed by atoms with van der Waals surface area (Å²) in [5.74, 6) is 0.439. The first-order valence-electron chi connectivity index (χ1n) is 8.90. The quantitative estimate of drug-likeness (QED) is 0.796. The summed E-state index contributed by atoms with van der Waals surface area (Å²) in [7, 11) is 0. The number of hydrogen-bond donors (Lipinski definition) is 0. The molecule has 5 nitrogen and oxygen atoms in total. The van der Waals surface area contributed by atoms with Crippen LogP contribution in [0.3, 0.4) is 0 Å². The van der Waals surface area contributed by atoms with E-state index >= 15 is 0 Å². The van der Waals surface area contributed by atoms with Crippen LogP contribution in [0.5, 0.6) is 0 Å². The molecular formula is C19H24N2O3. The Labute approximate surface area is 142 Å². The van der Waals surface area contributed by atoms with Crippen molar-refractivity contribution in [1.82, 2.24) is 9.88 Å². The topological polar surface area (TPSA) is 51.7 Å². The van der Waals surface area contributed by atoms with E-state index in [9.17, 15) is 4.79 Å². The van der Waals surface area contributed by atoms with Crippen LogP contribution in [-0.4, -0.2) is 47.2 Å². The van der Waals surface area contributed by atoms with Crippen LogP contribution in [0, 0.1) is 5.92 Å². The number of rotatable bonds is 4. The Morgan fingerprint density at radius 2 is 2.04 bits per heavy atom. The van der Waals surface area contributed by atoms with Gasteiger partial charge in [0.05, 0.1) is 25.4 Å². The molecule has 1 saturated carbocycles. The highest BCUT2D eigenvalue weighted by Crippen LogP contribution is 2.34. The summed E-state index contributed by atoms with van der Waals surface area (Å²) < 4.78 is 12.1. The summed E-state index contributed by atoms with van der Waals surface area (Å²) in [6, 6.07) is 4.11. The summed E-state index contributed by atoms with van der Waals surface area (Å²) >= 11 is 0. The van der Waals surface area contributed by atoms with E-state index in [-0.39, 0.29) is 24.2 Å². The van der Waals surface area contributed by atoms with Crippen LogP contribution in [0.15, 0.2) is 36.7 Å². The highest BCUT2D eigenvalue weighted by Gasteiger charge is 2.45. The van der Waals surface area contributed by atoms with Gasteiger partial charge in [0.25, 0.3) is 0 Å². The lowest BCUT2D eigenvalue weighted by Gasteiger charge is -2.40. The molecule has 4 rings (SSSR count). The van der Waals surface area contributed by atoms with Crippen LogP contribution in [0.25, 0.3) is 0 Å². The number of carbonyl (C=O) groups excluding carboxylic acids is 1. The molecule has 0 radical (unpaired) electrons. The van der Waals surface area contributed by atoms with Gasteiger partial charge in [0.2, 0.25) is 5.91 Å². The molecule has 3 aliphatic rings. The van der Waals surface area contributed by atoms with Crippen LogP contribution in [-0.2, 0) is 20.9 Å². The minimum Gasteiger partial charge on any atom is -0.372 e. The number of ether oxygens (including phenoxy) is 2. The van der Waals surface area contributed by atoms with E-state index in [1.54, 1.807) is 12.4 Å². The molecule has 1 aliphatic heterocycles. The van der Waals surface area contributed by atoms with Crippen molar-refractivity contribution >= 4 is 5.91 Å². The fourth-order valence-corrected chi connectivity index (χ4v) is 4.10. The minimum atomic E-state index is 0.0129. The van der Waals surface area contributed by atoms with E-state index in [2.05, 4.69) is 22.0 Å². The third-order valence-corrected chi connectivity index (χ3v) is 5.39. The molecule has 1 amide bonds.